The van der Waals surface area contributed by atoms with Crippen LogP contribution in [0.4, 0.5) is 11.4 Å². The number of nitroso groups, excluding NO2 is 1. The van der Waals surface area contributed by atoms with Gasteiger partial charge in [-0.15, -0.1) is 0 Å². The molecule has 2 aliphatic heterocycles. The zero-order chi connectivity index (χ0) is 25.6. The first kappa shape index (κ1) is 24.8. The second-order valence-corrected chi connectivity index (χ2v) is 12.6. The average molecular weight is 467 g/mol. The van der Waals surface area contributed by atoms with Crippen LogP contribution in [0.15, 0.2) is 30.3 Å². The molecule has 0 atom stereocenters. The van der Waals surface area contributed by atoms with Crippen LogP contribution in [0, 0.1) is 10.1 Å². The van der Waals surface area contributed by atoms with E-state index >= 15 is 0 Å². The van der Waals surface area contributed by atoms with Crippen molar-refractivity contribution in [3.05, 3.63) is 57.1 Å². The summed E-state index contributed by atoms with van der Waals surface area (Å²) in [6.07, 6.45) is 0. The summed E-state index contributed by atoms with van der Waals surface area (Å²) < 4.78 is 13.4. The minimum Gasteiger partial charge on any atom is -0.756 e. The Morgan fingerprint density at radius 1 is 0.853 bits per heavy atom. The molecule has 0 bridgehead atoms. The number of nitrogens with zero attached hydrogens (tertiary/aromatic N) is 2. The second-order valence-electron chi connectivity index (χ2n) is 12.6. The molecule has 0 saturated heterocycles. The predicted octanol–water partition coefficient (Wildman–Crippen LogP) is 7.37. The number of anilines is 1. The first-order chi connectivity index (χ1) is 15.3. The van der Waals surface area contributed by atoms with Crippen molar-refractivity contribution in [1.29, 1.82) is 0 Å². The summed E-state index contributed by atoms with van der Waals surface area (Å²) in [4.78, 5) is 13.8. The summed E-state index contributed by atoms with van der Waals surface area (Å²) in [5.41, 5.74) is 1.40. The fourth-order valence-electron chi connectivity index (χ4n) is 5.39. The fraction of sp³-hybridized carbons (Fsp3) is 0.571. The molecular formula is C28H38N2O4. The lowest BCUT2D eigenvalue weighted by Gasteiger charge is -2.55. The van der Waals surface area contributed by atoms with E-state index in [0.717, 1.165) is 26.5 Å². The maximum absolute atomic E-state index is 13.8. The van der Waals surface area contributed by atoms with Crippen molar-refractivity contribution in [3.63, 3.8) is 0 Å². The monoisotopic (exact) mass is 466 g/mol. The molecule has 184 valence electrons. The third-order valence-electron chi connectivity index (χ3n) is 7.00. The Labute approximate surface area is 203 Å². The third kappa shape index (κ3) is 3.67. The highest BCUT2D eigenvalue weighted by molar-refractivity contribution is 5.91. The molecule has 2 aliphatic rings. The maximum Gasteiger partial charge on any atom is 0.316 e. The molecular weight excluding hydrogens is 428 g/mol. The van der Waals surface area contributed by atoms with Crippen LogP contribution in [0.25, 0.3) is 11.1 Å². The highest BCUT2D eigenvalue weighted by Crippen LogP contribution is 2.57. The van der Waals surface area contributed by atoms with E-state index in [1.165, 1.54) is 5.56 Å². The Bertz CT molecular complexity index is 1170. The largest absolute Gasteiger partial charge is 0.756 e. The van der Waals surface area contributed by atoms with Crippen LogP contribution in [0.2, 0.25) is 0 Å². The van der Waals surface area contributed by atoms with E-state index < -0.39 is 22.7 Å². The van der Waals surface area contributed by atoms with Crippen LogP contribution in [0.1, 0.15) is 92.9 Å². The molecule has 0 unspecified atom stereocenters. The summed E-state index contributed by atoms with van der Waals surface area (Å²) in [6, 6.07) is 10.1. The minimum absolute atomic E-state index is 0.0150. The molecule has 0 saturated carbocycles. The van der Waals surface area contributed by atoms with Crippen molar-refractivity contribution in [2.75, 3.05) is 5.06 Å². The SMILES string of the molecule is CC(C)(C)c1ccc(-c2c3c(cc4c2[N+](=O)C(C)(C)OC4(C)C)C(C)(C)OC(C)(C)N3[O-])cc1. The number of ether oxygens (including phenoxy) is 2. The van der Waals surface area contributed by atoms with E-state index in [4.69, 9.17) is 9.47 Å². The van der Waals surface area contributed by atoms with Gasteiger partial charge in [0.25, 0.3) is 5.69 Å². The van der Waals surface area contributed by atoms with Crippen molar-refractivity contribution in [1.82, 2.24) is 0 Å². The van der Waals surface area contributed by atoms with E-state index in [1.54, 1.807) is 27.7 Å². The van der Waals surface area contributed by atoms with Crippen molar-refractivity contribution in [2.24, 2.45) is 0 Å². The average Bonchev–Trinajstić information content (AvgIpc) is 2.67. The van der Waals surface area contributed by atoms with Gasteiger partial charge in [-0.3, -0.25) is 0 Å². The quantitative estimate of drug-likeness (QED) is 0.411. The highest BCUT2D eigenvalue weighted by atomic mass is 16.6. The third-order valence-corrected chi connectivity index (χ3v) is 7.00. The lowest BCUT2D eigenvalue weighted by Crippen LogP contribution is -2.53. The van der Waals surface area contributed by atoms with Gasteiger partial charge in [-0.2, -0.15) is 0 Å². The van der Waals surface area contributed by atoms with Gasteiger partial charge < -0.3 is 19.7 Å². The lowest BCUT2D eigenvalue weighted by atomic mass is 9.79. The summed E-state index contributed by atoms with van der Waals surface area (Å²) >= 11 is 0. The minimum atomic E-state index is -1.10. The number of hydrogen-bond donors (Lipinski definition) is 0. The molecule has 2 heterocycles. The molecule has 0 N–H and O–H groups in total. The van der Waals surface area contributed by atoms with E-state index in [9.17, 15) is 10.1 Å². The maximum atomic E-state index is 13.8. The zero-order valence-electron chi connectivity index (χ0n) is 22.4. The van der Waals surface area contributed by atoms with E-state index in [0.29, 0.717) is 16.9 Å². The molecule has 0 radical (unpaired) electrons. The van der Waals surface area contributed by atoms with E-state index in [1.807, 2.05) is 45.9 Å². The number of fused-ring (bicyclic) bond motifs is 2. The summed E-state index contributed by atoms with van der Waals surface area (Å²) in [6.45, 7) is 21.4. The Kier molecular flexibility index (Phi) is 5.20. The van der Waals surface area contributed by atoms with Gasteiger partial charge in [0.1, 0.15) is 11.3 Å². The van der Waals surface area contributed by atoms with Crippen molar-refractivity contribution < 1.29 is 14.2 Å². The van der Waals surface area contributed by atoms with Crippen LogP contribution in [0.3, 0.4) is 0 Å². The van der Waals surface area contributed by atoms with Crippen molar-refractivity contribution in [3.8, 4) is 11.1 Å². The summed E-state index contributed by atoms with van der Waals surface area (Å²) in [5, 5.41) is 14.7. The summed E-state index contributed by atoms with van der Waals surface area (Å²) in [5.74, 6) is 0. The smallest absolute Gasteiger partial charge is 0.316 e. The van der Waals surface area contributed by atoms with Crippen LogP contribution in [-0.2, 0) is 26.1 Å². The van der Waals surface area contributed by atoms with E-state index in [2.05, 4.69) is 32.9 Å². The number of rotatable bonds is 1. The number of hydroxylamine groups is 1. The lowest BCUT2D eigenvalue weighted by molar-refractivity contribution is -0.627. The Morgan fingerprint density at radius 2 is 1.38 bits per heavy atom. The van der Waals surface area contributed by atoms with Gasteiger partial charge in [0.2, 0.25) is 0 Å². The van der Waals surface area contributed by atoms with Crippen molar-refractivity contribution >= 4 is 11.4 Å². The van der Waals surface area contributed by atoms with Crippen LogP contribution in [-0.4, -0.2) is 16.2 Å². The number of hydrogen-bond acceptors (Lipinski definition) is 5. The first-order valence-corrected chi connectivity index (χ1v) is 12.0. The van der Waals surface area contributed by atoms with Gasteiger partial charge in [-0.1, -0.05) is 45.0 Å². The molecule has 6 nitrogen and oxygen atoms in total. The molecule has 34 heavy (non-hydrogen) atoms. The molecule has 4 rings (SSSR count). The van der Waals surface area contributed by atoms with Gasteiger partial charge in [0.05, 0.1) is 21.5 Å². The van der Waals surface area contributed by atoms with Crippen LogP contribution >= 0.6 is 0 Å². The van der Waals surface area contributed by atoms with Gasteiger partial charge >= 0.3 is 5.72 Å². The van der Waals surface area contributed by atoms with Crippen LogP contribution in [0.5, 0.6) is 0 Å². The van der Waals surface area contributed by atoms with Crippen molar-refractivity contribution in [2.45, 2.75) is 104 Å². The molecule has 0 aromatic heterocycles. The molecule has 0 aliphatic carbocycles. The zero-order valence-corrected chi connectivity index (χ0v) is 22.4. The molecule has 2 aromatic carbocycles. The molecule has 0 spiro atoms. The summed E-state index contributed by atoms with van der Waals surface area (Å²) in [7, 11) is 0. The second kappa shape index (κ2) is 7.12. The molecule has 2 aromatic rings. The molecule has 0 amide bonds. The first-order valence-electron chi connectivity index (χ1n) is 12.0. The Morgan fingerprint density at radius 3 is 1.91 bits per heavy atom. The van der Waals surface area contributed by atoms with Gasteiger partial charge in [-0.05, 0) is 64.2 Å². The standard InChI is InChI=1S/C28H38N2O4/c1-24(2,3)18-14-12-17(13-15-18)21-22-19(25(4,5)33-27(8,9)29(22)31)16-20-23(21)30(32)28(10,11)34-26(20,6)7/h12-16H,1-11H3. The predicted molar refractivity (Wildman–Crippen MR) is 136 cm³/mol. The topological polar surface area (TPSA) is 64.8 Å². The fourth-order valence-corrected chi connectivity index (χ4v) is 5.39. The normalized spacial score (nSPS) is 22.2. The van der Waals surface area contributed by atoms with Crippen LogP contribution < -0.4 is 5.06 Å². The molecule has 6 heteroatoms. The van der Waals surface area contributed by atoms with E-state index in [-0.39, 0.29) is 5.41 Å². The Hall–Kier alpha value is -2.28. The van der Waals surface area contributed by atoms with Gasteiger partial charge in [0, 0.05) is 30.0 Å². The highest BCUT2D eigenvalue weighted by Gasteiger charge is 2.55. The molecule has 0 fully saturated rings. The number of benzene rings is 2. The van der Waals surface area contributed by atoms with Gasteiger partial charge in [-0.25, -0.2) is 0 Å². The Balaban J connectivity index is 2.16. The van der Waals surface area contributed by atoms with Gasteiger partial charge in [0.15, 0.2) is 0 Å².